The van der Waals surface area contributed by atoms with Crippen LogP contribution < -0.4 is 10.1 Å². The van der Waals surface area contributed by atoms with Crippen molar-refractivity contribution in [2.75, 3.05) is 26.7 Å². The average molecular weight is 617 g/mol. The Morgan fingerprint density at radius 3 is 2.60 bits per heavy atom. The molecule has 1 unspecified atom stereocenters. The van der Waals surface area contributed by atoms with Gasteiger partial charge in [0.1, 0.15) is 5.75 Å². The van der Waals surface area contributed by atoms with Gasteiger partial charge in [0.15, 0.2) is 6.61 Å². The first-order valence-corrected chi connectivity index (χ1v) is 15.1. The van der Waals surface area contributed by atoms with Crippen LogP contribution >= 0.6 is 15.9 Å². The second-order valence-electron chi connectivity index (χ2n) is 11.3. The molecule has 5 rings (SSSR count). The molecule has 1 aromatic heterocycles. The Labute approximate surface area is 243 Å². The molecule has 2 aromatic rings. The van der Waals surface area contributed by atoms with E-state index in [4.69, 9.17) is 9.26 Å². The molecule has 3 atom stereocenters. The predicted molar refractivity (Wildman–Crippen MR) is 150 cm³/mol. The van der Waals surface area contributed by atoms with E-state index in [0.717, 1.165) is 34.9 Å². The van der Waals surface area contributed by atoms with Crippen molar-refractivity contribution in [1.82, 2.24) is 25.3 Å². The highest BCUT2D eigenvalue weighted by molar-refractivity contribution is 9.10. The molecule has 0 spiro atoms. The first kappa shape index (κ1) is 28.6. The Morgan fingerprint density at radius 1 is 1.15 bits per heavy atom. The van der Waals surface area contributed by atoms with Gasteiger partial charge in [0.25, 0.3) is 0 Å². The molecule has 10 nitrogen and oxygen atoms in total. The Morgan fingerprint density at radius 2 is 1.93 bits per heavy atom. The van der Waals surface area contributed by atoms with E-state index >= 15 is 0 Å². The Bertz CT molecular complexity index is 1260. The summed E-state index contributed by atoms with van der Waals surface area (Å²) in [7, 11) is 1.63. The molecule has 3 amide bonds. The minimum atomic E-state index is -0.394. The number of nitrogens with zero attached hydrogens (tertiary/aromatic N) is 4. The number of ether oxygens (including phenoxy) is 1. The zero-order valence-corrected chi connectivity index (χ0v) is 25.0. The number of aromatic nitrogens is 2. The molecule has 3 heterocycles. The smallest absolute Gasteiger partial charge is 0.229 e. The van der Waals surface area contributed by atoms with Crippen LogP contribution in [0.5, 0.6) is 5.75 Å². The summed E-state index contributed by atoms with van der Waals surface area (Å²) in [5.74, 6) is 1.05. The zero-order valence-electron chi connectivity index (χ0n) is 23.5. The van der Waals surface area contributed by atoms with Gasteiger partial charge in [-0.3, -0.25) is 14.4 Å². The maximum atomic E-state index is 14.3. The molecule has 40 heavy (non-hydrogen) atoms. The summed E-state index contributed by atoms with van der Waals surface area (Å²) < 4.78 is 12.6. The molecule has 1 saturated heterocycles. The SMILES string of the molecule is CNC(=O)[C@H]1CCCC[C@H]1C(=O)N1CCc2c(Br)ccc(OCc3noc(C(C)C)n3)c2C1CN1CCCC1=O. The minimum Gasteiger partial charge on any atom is -0.485 e. The van der Waals surface area contributed by atoms with E-state index in [0.29, 0.717) is 62.8 Å². The van der Waals surface area contributed by atoms with Gasteiger partial charge in [-0.1, -0.05) is 47.8 Å². The van der Waals surface area contributed by atoms with E-state index in [1.165, 1.54) is 0 Å². The summed E-state index contributed by atoms with van der Waals surface area (Å²) >= 11 is 3.72. The van der Waals surface area contributed by atoms with Gasteiger partial charge >= 0.3 is 0 Å². The fourth-order valence-corrected chi connectivity index (χ4v) is 6.85. The summed E-state index contributed by atoms with van der Waals surface area (Å²) in [4.78, 5) is 47.9. The number of nitrogens with one attached hydrogen (secondary N) is 1. The van der Waals surface area contributed by atoms with Crippen molar-refractivity contribution in [1.29, 1.82) is 0 Å². The number of carbonyl (C=O) groups excluding carboxylic acids is 3. The fourth-order valence-electron chi connectivity index (χ4n) is 6.31. The lowest BCUT2D eigenvalue weighted by Gasteiger charge is -2.43. The molecule has 1 aliphatic carbocycles. The number of fused-ring (bicyclic) bond motifs is 1. The first-order chi connectivity index (χ1) is 19.3. The van der Waals surface area contributed by atoms with Crippen molar-refractivity contribution in [3.05, 3.63) is 39.4 Å². The quantitative estimate of drug-likeness (QED) is 0.474. The van der Waals surface area contributed by atoms with Crippen LogP contribution in [0.2, 0.25) is 0 Å². The molecule has 1 aromatic carbocycles. The lowest BCUT2D eigenvalue weighted by Crippen LogP contribution is -2.50. The van der Waals surface area contributed by atoms with E-state index in [2.05, 4.69) is 31.4 Å². The van der Waals surface area contributed by atoms with Gasteiger partial charge in [0.2, 0.25) is 29.4 Å². The van der Waals surface area contributed by atoms with Crippen molar-refractivity contribution in [2.24, 2.45) is 11.8 Å². The van der Waals surface area contributed by atoms with Crippen molar-refractivity contribution >= 4 is 33.7 Å². The number of hydrogen-bond donors (Lipinski definition) is 1. The molecule has 2 aliphatic heterocycles. The minimum absolute atomic E-state index is 0.0127. The number of halogens is 1. The first-order valence-electron chi connectivity index (χ1n) is 14.3. The Balaban J connectivity index is 1.49. The highest BCUT2D eigenvalue weighted by atomic mass is 79.9. The molecule has 216 valence electrons. The van der Waals surface area contributed by atoms with Crippen LogP contribution in [0.1, 0.15) is 87.2 Å². The van der Waals surface area contributed by atoms with Crippen molar-refractivity contribution in [3.63, 3.8) is 0 Å². The van der Waals surface area contributed by atoms with Crippen molar-refractivity contribution < 1.29 is 23.6 Å². The standard InChI is InChI=1S/C29H38BrN5O5/c1-17(2)28-32-24(33-40-28)16-39-23-11-10-21(30)20-12-14-35(22(26(20)23)15-34-13-6-9-25(34)36)29(38)19-8-5-4-7-18(19)27(37)31-3/h10-11,17-19,22H,4-9,12-16H2,1-3H3,(H,31,37)/t18-,19+,22?/m0/s1. The number of amides is 3. The van der Waals surface area contributed by atoms with E-state index in [-0.39, 0.29) is 42.1 Å². The van der Waals surface area contributed by atoms with Crippen molar-refractivity contribution in [3.8, 4) is 5.75 Å². The van der Waals surface area contributed by atoms with Crippen LogP contribution in [0.25, 0.3) is 0 Å². The van der Waals surface area contributed by atoms with Gasteiger partial charge in [-0.05, 0) is 43.4 Å². The highest BCUT2D eigenvalue weighted by Crippen LogP contribution is 2.43. The van der Waals surface area contributed by atoms with E-state index in [1.54, 1.807) is 7.05 Å². The zero-order chi connectivity index (χ0) is 28.4. The lowest BCUT2D eigenvalue weighted by molar-refractivity contribution is -0.147. The fraction of sp³-hybridized carbons (Fsp3) is 0.621. The van der Waals surface area contributed by atoms with Gasteiger partial charge in [-0.25, -0.2) is 0 Å². The molecule has 11 heteroatoms. The van der Waals surface area contributed by atoms with Crippen LogP contribution in [0.15, 0.2) is 21.1 Å². The van der Waals surface area contributed by atoms with Crippen LogP contribution in [0.3, 0.4) is 0 Å². The van der Waals surface area contributed by atoms with Gasteiger partial charge in [-0.15, -0.1) is 0 Å². The van der Waals surface area contributed by atoms with Crippen LogP contribution in [-0.4, -0.2) is 64.3 Å². The molecular formula is C29H38BrN5O5. The van der Waals surface area contributed by atoms with E-state index < -0.39 is 6.04 Å². The summed E-state index contributed by atoms with van der Waals surface area (Å²) in [6.45, 7) is 5.67. The van der Waals surface area contributed by atoms with Gasteiger partial charge < -0.3 is 24.4 Å². The molecular weight excluding hydrogens is 578 g/mol. The third-order valence-electron chi connectivity index (χ3n) is 8.42. The Kier molecular flexibility index (Phi) is 8.77. The van der Waals surface area contributed by atoms with Gasteiger partial charge in [-0.2, -0.15) is 4.98 Å². The summed E-state index contributed by atoms with van der Waals surface area (Å²) in [5.41, 5.74) is 1.97. The van der Waals surface area contributed by atoms with Gasteiger partial charge in [0, 0.05) is 60.9 Å². The molecule has 1 N–H and O–H groups in total. The molecule has 0 bridgehead atoms. The summed E-state index contributed by atoms with van der Waals surface area (Å²) in [6.07, 6.45) is 5.23. The van der Waals surface area contributed by atoms with E-state index in [9.17, 15) is 14.4 Å². The largest absolute Gasteiger partial charge is 0.485 e. The number of hydrogen-bond acceptors (Lipinski definition) is 7. The monoisotopic (exact) mass is 615 g/mol. The van der Waals surface area contributed by atoms with E-state index in [1.807, 2.05) is 35.8 Å². The molecule has 3 aliphatic rings. The third-order valence-corrected chi connectivity index (χ3v) is 9.16. The second kappa shape index (κ2) is 12.3. The van der Waals surface area contributed by atoms with Gasteiger partial charge in [0.05, 0.1) is 6.04 Å². The third kappa shape index (κ3) is 5.75. The predicted octanol–water partition coefficient (Wildman–Crippen LogP) is 4.14. The Hall–Kier alpha value is -2.95. The second-order valence-corrected chi connectivity index (χ2v) is 12.1. The summed E-state index contributed by atoms with van der Waals surface area (Å²) in [5, 5.41) is 6.82. The maximum Gasteiger partial charge on any atom is 0.229 e. The topological polar surface area (TPSA) is 118 Å². The number of likely N-dealkylation sites (tertiary alicyclic amines) is 1. The van der Waals surface area contributed by atoms with Crippen LogP contribution in [0, 0.1) is 11.8 Å². The number of carbonyl (C=O) groups is 3. The lowest BCUT2D eigenvalue weighted by atomic mass is 9.77. The van der Waals surface area contributed by atoms with Crippen molar-refractivity contribution in [2.45, 2.75) is 77.4 Å². The van der Waals surface area contributed by atoms with Crippen LogP contribution in [0.4, 0.5) is 0 Å². The average Bonchev–Trinajstić information content (AvgIpc) is 3.61. The summed E-state index contributed by atoms with van der Waals surface area (Å²) in [6, 6.07) is 3.46. The maximum absolute atomic E-state index is 14.3. The normalized spacial score (nSPS) is 22.9. The molecule has 2 fully saturated rings. The molecule has 1 saturated carbocycles. The highest BCUT2D eigenvalue weighted by Gasteiger charge is 2.43. The molecule has 0 radical (unpaired) electrons. The number of rotatable bonds is 8. The van der Waals surface area contributed by atoms with Crippen LogP contribution in [-0.2, 0) is 27.4 Å². The number of benzene rings is 1.